The molecule has 0 aliphatic rings. The van der Waals surface area contributed by atoms with Crippen LogP contribution in [0.15, 0.2) is 24.3 Å². The molecule has 15 heavy (non-hydrogen) atoms. The number of ether oxygens (including phenoxy) is 2. The zero-order valence-corrected chi connectivity index (χ0v) is 9.57. The molecule has 3 nitrogen and oxygen atoms in total. The Bertz CT molecular complexity index is 284. The number of rotatable bonds is 5. The molecule has 0 radical (unpaired) electrons. The van der Waals surface area contributed by atoms with E-state index in [1.54, 1.807) is 7.11 Å². The van der Waals surface area contributed by atoms with E-state index in [0.29, 0.717) is 6.61 Å². The predicted octanol–water partition coefficient (Wildman–Crippen LogP) is 2.12. The zero-order valence-electron chi connectivity index (χ0n) is 9.57. The minimum atomic E-state index is -0.0872. The standard InChI is InChI=1S/C12H19NO2/c1-4-15-9(2)12(13)10-5-7-11(14-3)8-6-10/h5-9,12H,4,13H2,1-3H3. The first-order valence-electron chi connectivity index (χ1n) is 5.20. The van der Waals surface area contributed by atoms with Crippen molar-refractivity contribution in [3.05, 3.63) is 29.8 Å². The van der Waals surface area contributed by atoms with Crippen LogP contribution >= 0.6 is 0 Å². The SMILES string of the molecule is CCOC(C)C(N)c1ccc(OC)cc1. The first-order valence-corrected chi connectivity index (χ1v) is 5.20. The third kappa shape index (κ3) is 3.22. The minimum Gasteiger partial charge on any atom is -0.497 e. The molecular formula is C12H19NO2. The van der Waals surface area contributed by atoms with Crippen molar-refractivity contribution in [3.63, 3.8) is 0 Å². The molecule has 0 amide bonds. The van der Waals surface area contributed by atoms with E-state index in [1.807, 2.05) is 38.1 Å². The summed E-state index contributed by atoms with van der Waals surface area (Å²) in [5.41, 5.74) is 7.12. The Balaban J connectivity index is 2.69. The fourth-order valence-corrected chi connectivity index (χ4v) is 1.46. The molecule has 0 saturated carbocycles. The van der Waals surface area contributed by atoms with Gasteiger partial charge in [0.25, 0.3) is 0 Å². The summed E-state index contributed by atoms with van der Waals surface area (Å²) < 4.78 is 10.5. The first kappa shape index (κ1) is 12.0. The van der Waals surface area contributed by atoms with Gasteiger partial charge in [-0.05, 0) is 31.5 Å². The summed E-state index contributed by atoms with van der Waals surface area (Å²) >= 11 is 0. The zero-order chi connectivity index (χ0) is 11.3. The fraction of sp³-hybridized carbons (Fsp3) is 0.500. The maximum Gasteiger partial charge on any atom is 0.118 e. The van der Waals surface area contributed by atoms with Crippen molar-refractivity contribution >= 4 is 0 Å². The highest BCUT2D eigenvalue weighted by Crippen LogP contribution is 2.19. The van der Waals surface area contributed by atoms with Crippen LogP contribution in [0.3, 0.4) is 0 Å². The van der Waals surface area contributed by atoms with E-state index in [2.05, 4.69) is 0 Å². The number of methoxy groups -OCH3 is 1. The third-order valence-corrected chi connectivity index (χ3v) is 2.44. The maximum atomic E-state index is 6.05. The van der Waals surface area contributed by atoms with Gasteiger partial charge in [0.05, 0.1) is 19.3 Å². The van der Waals surface area contributed by atoms with Gasteiger partial charge in [-0.1, -0.05) is 12.1 Å². The topological polar surface area (TPSA) is 44.5 Å². The highest BCUT2D eigenvalue weighted by atomic mass is 16.5. The van der Waals surface area contributed by atoms with Gasteiger partial charge in [0.1, 0.15) is 5.75 Å². The molecule has 3 heteroatoms. The van der Waals surface area contributed by atoms with E-state index < -0.39 is 0 Å². The molecule has 1 aromatic rings. The second-order valence-corrected chi connectivity index (χ2v) is 3.46. The monoisotopic (exact) mass is 209 g/mol. The normalized spacial score (nSPS) is 14.7. The molecule has 1 aromatic carbocycles. The van der Waals surface area contributed by atoms with E-state index in [-0.39, 0.29) is 12.1 Å². The molecule has 0 fully saturated rings. The van der Waals surface area contributed by atoms with Crippen LogP contribution in [0.1, 0.15) is 25.5 Å². The van der Waals surface area contributed by atoms with Crippen molar-refractivity contribution in [2.75, 3.05) is 13.7 Å². The fourth-order valence-electron chi connectivity index (χ4n) is 1.46. The van der Waals surface area contributed by atoms with Crippen molar-refractivity contribution < 1.29 is 9.47 Å². The van der Waals surface area contributed by atoms with Gasteiger partial charge in [-0.15, -0.1) is 0 Å². The van der Waals surface area contributed by atoms with E-state index >= 15 is 0 Å². The van der Waals surface area contributed by atoms with Crippen molar-refractivity contribution in [1.82, 2.24) is 0 Å². The summed E-state index contributed by atoms with van der Waals surface area (Å²) in [6.07, 6.45) is 0.0309. The summed E-state index contributed by atoms with van der Waals surface area (Å²) in [5, 5.41) is 0. The number of hydrogen-bond donors (Lipinski definition) is 1. The van der Waals surface area contributed by atoms with Crippen LogP contribution in [0.2, 0.25) is 0 Å². The minimum absolute atomic E-state index is 0.0309. The Labute approximate surface area is 91.2 Å². The third-order valence-electron chi connectivity index (χ3n) is 2.44. The highest BCUT2D eigenvalue weighted by molar-refractivity contribution is 5.29. The second kappa shape index (κ2) is 5.73. The van der Waals surface area contributed by atoms with Gasteiger partial charge in [0.15, 0.2) is 0 Å². The van der Waals surface area contributed by atoms with Crippen LogP contribution < -0.4 is 10.5 Å². The van der Waals surface area contributed by atoms with Crippen LogP contribution in [0.25, 0.3) is 0 Å². The van der Waals surface area contributed by atoms with Crippen LogP contribution in [0.4, 0.5) is 0 Å². The Kier molecular flexibility index (Phi) is 4.59. The quantitative estimate of drug-likeness (QED) is 0.807. The molecular weight excluding hydrogens is 190 g/mol. The molecule has 0 bridgehead atoms. The van der Waals surface area contributed by atoms with Crippen LogP contribution in [0, 0.1) is 0 Å². The summed E-state index contributed by atoms with van der Waals surface area (Å²) in [6.45, 7) is 4.64. The molecule has 2 atom stereocenters. The van der Waals surface area contributed by atoms with Gasteiger partial charge in [0, 0.05) is 6.61 Å². The summed E-state index contributed by atoms with van der Waals surface area (Å²) in [6, 6.07) is 7.68. The van der Waals surface area contributed by atoms with E-state index in [4.69, 9.17) is 15.2 Å². The summed E-state index contributed by atoms with van der Waals surface area (Å²) in [4.78, 5) is 0. The van der Waals surface area contributed by atoms with E-state index in [9.17, 15) is 0 Å². The van der Waals surface area contributed by atoms with Crippen LogP contribution in [0.5, 0.6) is 5.75 Å². The van der Waals surface area contributed by atoms with Crippen molar-refractivity contribution in [2.24, 2.45) is 5.73 Å². The molecule has 1 rings (SSSR count). The lowest BCUT2D eigenvalue weighted by molar-refractivity contribution is 0.0574. The van der Waals surface area contributed by atoms with Gasteiger partial charge < -0.3 is 15.2 Å². The van der Waals surface area contributed by atoms with Crippen molar-refractivity contribution in [1.29, 1.82) is 0 Å². The Morgan fingerprint density at radius 3 is 2.33 bits per heavy atom. The number of hydrogen-bond acceptors (Lipinski definition) is 3. The predicted molar refractivity (Wildman–Crippen MR) is 61.0 cm³/mol. The van der Waals surface area contributed by atoms with E-state index in [0.717, 1.165) is 11.3 Å². The van der Waals surface area contributed by atoms with E-state index in [1.165, 1.54) is 0 Å². The average molecular weight is 209 g/mol. The lowest BCUT2D eigenvalue weighted by Crippen LogP contribution is -2.26. The molecule has 0 aliphatic carbocycles. The molecule has 84 valence electrons. The molecule has 2 unspecified atom stereocenters. The first-order chi connectivity index (χ1) is 7.19. The summed E-state index contributed by atoms with van der Waals surface area (Å²) in [5.74, 6) is 0.843. The Hall–Kier alpha value is -1.06. The van der Waals surface area contributed by atoms with Gasteiger partial charge in [-0.2, -0.15) is 0 Å². The molecule has 0 spiro atoms. The number of nitrogens with two attached hydrogens (primary N) is 1. The Morgan fingerprint density at radius 2 is 1.87 bits per heavy atom. The van der Waals surface area contributed by atoms with Gasteiger partial charge in [-0.3, -0.25) is 0 Å². The molecule has 0 saturated heterocycles. The Morgan fingerprint density at radius 1 is 1.27 bits per heavy atom. The smallest absolute Gasteiger partial charge is 0.118 e. The second-order valence-electron chi connectivity index (χ2n) is 3.46. The highest BCUT2D eigenvalue weighted by Gasteiger charge is 2.14. The van der Waals surface area contributed by atoms with Gasteiger partial charge in [0.2, 0.25) is 0 Å². The van der Waals surface area contributed by atoms with Gasteiger partial charge >= 0.3 is 0 Å². The van der Waals surface area contributed by atoms with Crippen LogP contribution in [-0.4, -0.2) is 19.8 Å². The largest absolute Gasteiger partial charge is 0.497 e. The van der Waals surface area contributed by atoms with Crippen LogP contribution in [-0.2, 0) is 4.74 Å². The van der Waals surface area contributed by atoms with Crippen molar-refractivity contribution in [3.8, 4) is 5.75 Å². The molecule has 2 N–H and O–H groups in total. The molecule has 0 aromatic heterocycles. The lowest BCUT2D eigenvalue weighted by Gasteiger charge is -2.20. The molecule has 0 aliphatic heterocycles. The van der Waals surface area contributed by atoms with Gasteiger partial charge in [-0.25, -0.2) is 0 Å². The average Bonchev–Trinajstić information content (AvgIpc) is 2.28. The number of benzene rings is 1. The van der Waals surface area contributed by atoms with Crippen molar-refractivity contribution in [2.45, 2.75) is 26.0 Å². The summed E-state index contributed by atoms with van der Waals surface area (Å²) in [7, 11) is 1.65. The molecule has 0 heterocycles. The maximum absolute atomic E-state index is 6.05. The lowest BCUT2D eigenvalue weighted by atomic mass is 10.0.